The number of carbonyl (C=O) groups is 1. The molecule has 0 aliphatic carbocycles. The van der Waals surface area contributed by atoms with Crippen molar-refractivity contribution in [2.24, 2.45) is 0 Å². The van der Waals surface area contributed by atoms with Crippen LogP contribution >= 0.6 is 0 Å². The second-order valence-corrected chi connectivity index (χ2v) is 4.60. The second-order valence-electron chi connectivity index (χ2n) is 4.60. The maximum atomic E-state index is 12.3. The van der Waals surface area contributed by atoms with Gasteiger partial charge in [0.15, 0.2) is 0 Å². The van der Waals surface area contributed by atoms with E-state index in [1.807, 2.05) is 44.3 Å². The SMILES string of the molecule is CC(C)N(CCO)C(=O)c1ccc2cc[nH]c2c1. The first-order chi connectivity index (χ1) is 8.63. The number of fused-ring (bicyclic) bond motifs is 1. The minimum absolute atomic E-state index is 0.0192. The van der Waals surface area contributed by atoms with E-state index in [1.165, 1.54) is 0 Å². The number of H-pyrrole nitrogens is 1. The molecular weight excluding hydrogens is 228 g/mol. The molecule has 1 aromatic heterocycles. The molecule has 1 aromatic carbocycles. The average molecular weight is 246 g/mol. The lowest BCUT2D eigenvalue weighted by Crippen LogP contribution is -2.38. The van der Waals surface area contributed by atoms with Gasteiger partial charge in [-0.2, -0.15) is 0 Å². The van der Waals surface area contributed by atoms with Crippen LogP contribution in [0.15, 0.2) is 30.5 Å². The summed E-state index contributed by atoms with van der Waals surface area (Å²) in [6.45, 7) is 4.23. The van der Waals surface area contributed by atoms with Gasteiger partial charge in [0, 0.05) is 29.9 Å². The maximum absolute atomic E-state index is 12.3. The minimum Gasteiger partial charge on any atom is -0.395 e. The van der Waals surface area contributed by atoms with Crippen molar-refractivity contribution in [3.63, 3.8) is 0 Å². The molecule has 18 heavy (non-hydrogen) atoms. The molecule has 0 atom stereocenters. The molecule has 96 valence electrons. The highest BCUT2D eigenvalue weighted by atomic mass is 16.3. The van der Waals surface area contributed by atoms with E-state index in [9.17, 15) is 4.79 Å². The Bertz CT molecular complexity index is 545. The molecule has 0 aliphatic heterocycles. The van der Waals surface area contributed by atoms with Crippen molar-refractivity contribution in [1.29, 1.82) is 0 Å². The fraction of sp³-hybridized carbons (Fsp3) is 0.357. The van der Waals surface area contributed by atoms with Gasteiger partial charge in [-0.15, -0.1) is 0 Å². The molecule has 0 unspecified atom stereocenters. The van der Waals surface area contributed by atoms with Crippen LogP contribution in [-0.4, -0.2) is 40.1 Å². The number of hydrogen-bond acceptors (Lipinski definition) is 2. The molecule has 2 aromatic rings. The van der Waals surface area contributed by atoms with Crippen molar-refractivity contribution in [3.8, 4) is 0 Å². The predicted octanol–water partition coefficient (Wildman–Crippen LogP) is 2.01. The van der Waals surface area contributed by atoms with Crippen LogP contribution in [0.4, 0.5) is 0 Å². The highest BCUT2D eigenvalue weighted by Crippen LogP contribution is 2.16. The molecule has 0 bridgehead atoms. The number of hydrogen-bond donors (Lipinski definition) is 2. The van der Waals surface area contributed by atoms with Crippen LogP contribution < -0.4 is 0 Å². The quantitative estimate of drug-likeness (QED) is 0.867. The van der Waals surface area contributed by atoms with Gasteiger partial charge in [-0.25, -0.2) is 0 Å². The monoisotopic (exact) mass is 246 g/mol. The third-order valence-electron chi connectivity index (χ3n) is 3.03. The lowest BCUT2D eigenvalue weighted by atomic mass is 10.1. The van der Waals surface area contributed by atoms with Gasteiger partial charge in [0.1, 0.15) is 0 Å². The molecule has 0 radical (unpaired) electrons. The molecule has 0 aliphatic rings. The number of aromatic nitrogens is 1. The molecule has 2 N–H and O–H groups in total. The number of aliphatic hydroxyl groups excluding tert-OH is 1. The van der Waals surface area contributed by atoms with Crippen LogP contribution in [0, 0.1) is 0 Å². The maximum Gasteiger partial charge on any atom is 0.254 e. The first-order valence-electron chi connectivity index (χ1n) is 6.12. The smallest absolute Gasteiger partial charge is 0.254 e. The van der Waals surface area contributed by atoms with E-state index < -0.39 is 0 Å². The third-order valence-corrected chi connectivity index (χ3v) is 3.03. The van der Waals surface area contributed by atoms with Crippen LogP contribution in [0.25, 0.3) is 10.9 Å². The van der Waals surface area contributed by atoms with E-state index in [0.29, 0.717) is 12.1 Å². The van der Waals surface area contributed by atoms with E-state index >= 15 is 0 Å². The summed E-state index contributed by atoms with van der Waals surface area (Å²) in [6.07, 6.45) is 1.85. The van der Waals surface area contributed by atoms with Gasteiger partial charge in [-0.3, -0.25) is 4.79 Å². The van der Waals surface area contributed by atoms with Gasteiger partial charge >= 0.3 is 0 Å². The fourth-order valence-electron chi connectivity index (χ4n) is 2.05. The molecular formula is C14H18N2O2. The van der Waals surface area contributed by atoms with E-state index in [-0.39, 0.29) is 18.6 Å². The number of benzene rings is 1. The molecule has 4 heteroatoms. The van der Waals surface area contributed by atoms with Crippen molar-refractivity contribution in [2.45, 2.75) is 19.9 Å². The Balaban J connectivity index is 2.30. The Morgan fingerprint density at radius 3 is 2.83 bits per heavy atom. The van der Waals surface area contributed by atoms with Gasteiger partial charge in [-0.05, 0) is 37.4 Å². The van der Waals surface area contributed by atoms with Crippen molar-refractivity contribution in [3.05, 3.63) is 36.0 Å². The summed E-state index contributed by atoms with van der Waals surface area (Å²) < 4.78 is 0. The summed E-state index contributed by atoms with van der Waals surface area (Å²) in [7, 11) is 0. The second kappa shape index (κ2) is 5.23. The first-order valence-corrected chi connectivity index (χ1v) is 6.12. The molecule has 0 saturated carbocycles. The fourth-order valence-corrected chi connectivity index (χ4v) is 2.05. The van der Waals surface area contributed by atoms with Gasteiger partial charge in [-0.1, -0.05) is 6.07 Å². The van der Waals surface area contributed by atoms with Gasteiger partial charge in [0.05, 0.1) is 6.61 Å². The van der Waals surface area contributed by atoms with Gasteiger partial charge < -0.3 is 15.0 Å². The van der Waals surface area contributed by atoms with E-state index in [2.05, 4.69) is 4.98 Å². The molecule has 0 saturated heterocycles. The molecule has 0 fully saturated rings. The summed E-state index contributed by atoms with van der Waals surface area (Å²) in [4.78, 5) is 17.1. The van der Waals surface area contributed by atoms with Crippen LogP contribution in [0.3, 0.4) is 0 Å². The number of nitrogens with one attached hydrogen (secondary N) is 1. The van der Waals surface area contributed by atoms with Crippen LogP contribution in [0.5, 0.6) is 0 Å². The zero-order chi connectivity index (χ0) is 13.1. The Kier molecular flexibility index (Phi) is 3.67. The molecule has 1 heterocycles. The van der Waals surface area contributed by atoms with Gasteiger partial charge in [0.2, 0.25) is 0 Å². The van der Waals surface area contributed by atoms with E-state index in [1.54, 1.807) is 4.90 Å². The van der Waals surface area contributed by atoms with Crippen LogP contribution in [-0.2, 0) is 0 Å². The molecule has 2 rings (SSSR count). The van der Waals surface area contributed by atoms with Crippen molar-refractivity contribution >= 4 is 16.8 Å². The summed E-state index contributed by atoms with van der Waals surface area (Å²) >= 11 is 0. The summed E-state index contributed by atoms with van der Waals surface area (Å²) in [5, 5.41) is 10.1. The normalized spacial score (nSPS) is 11.1. The largest absolute Gasteiger partial charge is 0.395 e. The van der Waals surface area contributed by atoms with Crippen LogP contribution in [0.1, 0.15) is 24.2 Å². The highest BCUT2D eigenvalue weighted by Gasteiger charge is 2.18. The van der Waals surface area contributed by atoms with Crippen molar-refractivity contribution < 1.29 is 9.90 Å². The molecule has 4 nitrogen and oxygen atoms in total. The van der Waals surface area contributed by atoms with Crippen molar-refractivity contribution in [1.82, 2.24) is 9.88 Å². The Morgan fingerprint density at radius 1 is 1.39 bits per heavy atom. The lowest BCUT2D eigenvalue weighted by Gasteiger charge is -2.26. The zero-order valence-electron chi connectivity index (χ0n) is 10.7. The zero-order valence-corrected chi connectivity index (χ0v) is 10.7. The molecule has 0 spiro atoms. The number of aromatic amines is 1. The number of aliphatic hydroxyl groups is 1. The Morgan fingerprint density at radius 2 is 2.17 bits per heavy atom. The first kappa shape index (κ1) is 12.6. The Hall–Kier alpha value is -1.81. The standard InChI is InChI=1S/C14H18N2O2/c1-10(2)16(7-8-17)14(18)12-4-3-11-5-6-15-13(11)9-12/h3-6,9-10,15,17H,7-8H2,1-2H3. The number of rotatable bonds is 4. The van der Waals surface area contributed by atoms with Crippen molar-refractivity contribution in [2.75, 3.05) is 13.2 Å². The van der Waals surface area contributed by atoms with Crippen LogP contribution in [0.2, 0.25) is 0 Å². The lowest BCUT2D eigenvalue weighted by molar-refractivity contribution is 0.0665. The summed E-state index contributed by atoms with van der Waals surface area (Å²) in [6, 6.07) is 7.65. The number of carbonyl (C=O) groups excluding carboxylic acids is 1. The highest BCUT2D eigenvalue weighted by molar-refractivity contribution is 5.98. The number of amides is 1. The summed E-state index contributed by atoms with van der Waals surface area (Å²) in [5.41, 5.74) is 1.60. The van der Waals surface area contributed by atoms with Gasteiger partial charge in [0.25, 0.3) is 5.91 Å². The minimum atomic E-state index is -0.0458. The number of nitrogens with zero attached hydrogens (tertiary/aromatic N) is 1. The van der Waals surface area contributed by atoms with E-state index in [0.717, 1.165) is 10.9 Å². The third kappa shape index (κ3) is 2.38. The average Bonchev–Trinajstić information content (AvgIpc) is 2.81. The predicted molar refractivity (Wildman–Crippen MR) is 71.6 cm³/mol. The summed E-state index contributed by atoms with van der Waals surface area (Å²) in [5.74, 6) is -0.0458. The van der Waals surface area contributed by atoms with E-state index in [4.69, 9.17) is 5.11 Å². The Labute approximate surface area is 106 Å². The molecule has 1 amide bonds. The topological polar surface area (TPSA) is 56.3 Å².